The Labute approximate surface area is 214 Å². The molecule has 0 unspecified atom stereocenters. The van der Waals surface area contributed by atoms with Crippen molar-refractivity contribution >= 4 is 68.4 Å². The molecule has 0 atom stereocenters. The van der Waals surface area contributed by atoms with Crippen LogP contribution in [0.5, 0.6) is 11.5 Å². The first-order chi connectivity index (χ1) is 15.8. The number of amides is 1. The number of ether oxygens (including phenoxy) is 2. The zero-order chi connectivity index (χ0) is 24.0. The summed E-state index contributed by atoms with van der Waals surface area (Å²) >= 11 is 21.9. The molecule has 168 valence electrons. The van der Waals surface area contributed by atoms with Gasteiger partial charge in [0, 0.05) is 25.8 Å². The first-order valence-electron chi connectivity index (χ1n) is 9.43. The van der Waals surface area contributed by atoms with Gasteiger partial charge in [-0.15, -0.1) is 0 Å². The van der Waals surface area contributed by atoms with Crippen molar-refractivity contribution in [3.8, 4) is 17.6 Å². The molecule has 3 rings (SSSR count). The number of nitriles is 1. The van der Waals surface area contributed by atoms with E-state index >= 15 is 0 Å². The molecule has 5 nitrogen and oxygen atoms in total. The fourth-order valence-electron chi connectivity index (χ4n) is 2.80. The summed E-state index contributed by atoms with van der Waals surface area (Å²) in [7, 11) is 1.47. The molecule has 1 amide bonds. The number of hydrogen-bond acceptors (Lipinski definition) is 4. The lowest BCUT2D eigenvalue weighted by Crippen LogP contribution is -2.13. The van der Waals surface area contributed by atoms with Gasteiger partial charge in [-0.2, -0.15) is 5.26 Å². The highest BCUT2D eigenvalue weighted by Crippen LogP contribution is 2.38. The fraction of sp³-hybridized carbons (Fsp3) is 0.0833. The standard InChI is InChI=1S/C24H16BrCl3N2O3/c1-32-22-10-14(8-16(12-29)24(31)30-19-6-3-17(25)4-7-19)9-21(28)23(22)33-13-15-2-5-18(26)11-20(15)27/h2-11H,13H2,1H3,(H,30,31)/b16-8-. The van der Waals surface area contributed by atoms with E-state index in [0.717, 1.165) is 10.0 Å². The van der Waals surface area contributed by atoms with E-state index in [1.807, 2.05) is 6.07 Å². The molecule has 0 aliphatic carbocycles. The number of carbonyl (C=O) groups excluding carboxylic acids is 1. The number of halogens is 4. The monoisotopic (exact) mass is 564 g/mol. The van der Waals surface area contributed by atoms with E-state index in [1.165, 1.54) is 13.2 Å². The van der Waals surface area contributed by atoms with Gasteiger partial charge in [0.1, 0.15) is 18.2 Å². The minimum Gasteiger partial charge on any atom is -0.493 e. The molecule has 33 heavy (non-hydrogen) atoms. The molecule has 0 bridgehead atoms. The lowest BCUT2D eigenvalue weighted by molar-refractivity contribution is -0.112. The Kier molecular flexibility index (Phi) is 8.65. The van der Waals surface area contributed by atoms with Crippen LogP contribution in [0, 0.1) is 11.3 Å². The van der Waals surface area contributed by atoms with Crippen molar-refractivity contribution in [1.82, 2.24) is 0 Å². The van der Waals surface area contributed by atoms with Gasteiger partial charge in [0.2, 0.25) is 0 Å². The van der Waals surface area contributed by atoms with E-state index in [9.17, 15) is 10.1 Å². The second-order valence-corrected chi connectivity index (χ2v) is 8.86. The van der Waals surface area contributed by atoms with Crippen molar-refractivity contribution in [2.75, 3.05) is 12.4 Å². The normalized spacial score (nSPS) is 11.0. The van der Waals surface area contributed by atoms with Crippen LogP contribution >= 0.6 is 50.7 Å². The van der Waals surface area contributed by atoms with Crippen molar-refractivity contribution in [3.05, 3.63) is 90.8 Å². The zero-order valence-corrected chi connectivity index (χ0v) is 21.0. The Balaban J connectivity index is 1.82. The van der Waals surface area contributed by atoms with Crippen molar-refractivity contribution in [3.63, 3.8) is 0 Å². The second-order valence-electron chi connectivity index (χ2n) is 6.69. The fourth-order valence-corrected chi connectivity index (χ4v) is 3.80. The average Bonchev–Trinajstić information content (AvgIpc) is 2.78. The van der Waals surface area contributed by atoms with Crippen molar-refractivity contribution in [2.24, 2.45) is 0 Å². The highest BCUT2D eigenvalue weighted by Gasteiger charge is 2.15. The number of rotatable bonds is 7. The molecule has 0 radical (unpaired) electrons. The number of hydrogen-bond donors (Lipinski definition) is 1. The minimum atomic E-state index is -0.549. The largest absolute Gasteiger partial charge is 0.493 e. The van der Waals surface area contributed by atoms with Crippen LogP contribution in [0.4, 0.5) is 5.69 Å². The number of anilines is 1. The van der Waals surface area contributed by atoms with Crippen LogP contribution in [0.25, 0.3) is 6.08 Å². The van der Waals surface area contributed by atoms with Gasteiger partial charge in [-0.05, 0) is 60.2 Å². The lowest BCUT2D eigenvalue weighted by atomic mass is 10.1. The number of carbonyl (C=O) groups is 1. The van der Waals surface area contributed by atoms with Crippen LogP contribution in [0.1, 0.15) is 11.1 Å². The van der Waals surface area contributed by atoms with Gasteiger partial charge in [-0.1, -0.05) is 56.8 Å². The number of benzene rings is 3. The van der Waals surface area contributed by atoms with Crippen LogP contribution in [-0.2, 0) is 11.4 Å². The first kappa shape index (κ1) is 24.9. The van der Waals surface area contributed by atoms with E-state index in [0.29, 0.717) is 32.8 Å². The summed E-state index contributed by atoms with van der Waals surface area (Å²) in [4.78, 5) is 12.5. The van der Waals surface area contributed by atoms with E-state index in [1.54, 1.807) is 54.6 Å². The molecule has 0 fully saturated rings. The second kappa shape index (κ2) is 11.4. The molecule has 3 aromatic carbocycles. The van der Waals surface area contributed by atoms with Crippen LogP contribution in [0.15, 0.2) is 64.6 Å². The van der Waals surface area contributed by atoms with Gasteiger partial charge < -0.3 is 14.8 Å². The molecule has 0 saturated carbocycles. The molecule has 3 aromatic rings. The third kappa shape index (κ3) is 6.66. The summed E-state index contributed by atoms with van der Waals surface area (Å²) in [6, 6.07) is 17.2. The van der Waals surface area contributed by atoms with Crippen LogP contribution in [0.3, 0.4) is 0 Å². The van der Waals surface area contributed by atoms with Gasteiger partial charge in [0.05, 0.1) is 12.1 Å². The molecule has 0 spiro atoms. The zero-order valence-electron chi connectivity index (χ0n) is 17.2. The Morgan fingerprint density at radius 2 is 1.82 bits per heavy atom. The summed E-state index contributed by atoms with van der Waals surface area (Å²) in [5.41, 5.74) is 1.68. The van der Waals surface area contributed by atoms with Crippen LogP contribution in [-0.4, -0.2) is 13.0 Å². The summed E-state index contributed by atoms with van der Waals surface area (Å²) in [5, 5.41) is 13.4. The Hall–Kier alpha value is -2.69. The first-order valence-corrected chi connectivity index (χ1v) is 11.4. The summed E-state index contributed by atoms with van der Waals surface area (Å²) in [6.45, 7) is 0.139. The molecule has 0 saturated heterocycles. The van der Waals surface area contributed by atoms with Crippen molar-refractivity contribution in [1.29, 1.82) is 5.26 Å². The maximum atomic E-state index is 12.5. The van der Waals surface area contributed by atoms with Gasteiger partial charge in [0.25, 0.3) is 5.91 Å². The molecule has 0 aliphatic heterocycles. The van der Waals surface area contributed by atoms with E-state index in [-0.39, 0.29) is 17.2 Å². The molecule has 9 heteroatoms. The van der Waals surface area contributed by atoms with Gasteiger partial charge in [0.15, 0.2) is 11.5 Å². The molecular weight excluding hydrogens is 551 g/mol. The van der Waals surface area contributed by atoms with E-state index < -0.39 is 5.91 Å². The third-order valence-electron chi connectivity index (χ3n) is 4.42. The summed E-state index contributed by atoms with van der Waals surface area (Å²) in [5.74, 6) is 0.0946. The number of nitrogens with one attached hydrogen (secondary N) is 1. The van der Waals surface area contributed by atoms with Crippen molar-refractivity contribution in [2.45, 2.75) is 6.61 Å². The maximum absolute atomic E-state index is 12.5. The quantitative estimate of drug-likeness (QED) is 0.237. The SMILES string of the molecule is COc1cc(/C=C(/C#N)C(=O)Nc2ccc(Br)cc2)cc(Cl)c1OCc1ccc(Cl)cc1Cl. The molecule has 0 aliphatic rings. The third-order valence-corrected chi connectivity index (χ3v) is 5.81. The highest BCUT2D eigenvalue weighted by atomic mass is 79.9. The Bertz CT molecular complexity index is 1260. The smallest absolute Gasteiger partial charge is 0.266 e. The van der Waals surface area contributed by atoms with Crippen LogP contribution in [0.2, 0.25) is 15.1 Å². The number of nitrogens with zero attached hydrogens (tertiary/aromatic N) is 1. The van der Waals surface area contributed by atoms with E-state index in [2.05, 4.69) is 21.2 Å². The topological polar surface area (TPSA) is 71.3 Å². The Morgan fingerprint density at radius 1 is 1.09 bits per heavy atom. The molecule has 0 aromatic heterocycles. The number of methoxy groups -OCH3 is 1. The van der Waals surface area contributed by atoms with Crippen molar-refractivity contribution < 1.29 is 14.3 Å². The lowest BCUT2D eigenvalue weighted by Gasteiger charge is -2.14. The summed E-state index contributed by atoms with van der Waals surface area (Å²) < 4.78 is 12.1. The van der Waals surface area contributed by atoms with Gasteiger partial charge in [-0.3, -0.25) is 4.79 Å². The minimum absolute atomic E-state index is 0.0994. The maximum Gasteiger partial charge on any atom is 0.266 e. The van der Waals surface area contributed by atoms with Gasteiger partial charge >= 0.3 is 0 Å². The molecule has 1 N–H and O–H groups in total. The molecular formula is C24H16BrCl3N2O3. The average molecular weight is 567 g/mol. The molecule has 0 heterocycles. The highest BCUT2D eigenvalue weighted by molar-refractivity contribution is 9.10. The summed E-state index contributed by atoms with van der Waals surface area (Å²) in [6.07, 6.45) is 1.42. The predicted octanol–water partition coefficient (Wildman–Crippen LogP) is 7.54. The Morgan fingerprint density at radius 3 is 2.45 bits per heavy atom. The predicted molar refractivity (Wildman–Crippen MR) is 135 cm³/mol. The van der Waals surface area contributed by atoms with Crippen LogP contribution < -0.4 is 14.8 Å². The van der Waals surface area contributed by atoms with Gasteiger partial charge in [-0.25, -0.2) is 0 Å². The van der Waals surface area contributed by atoms with E-state index in [4.69, 9.17) is 44.3 Å².